The monoisotopic (exact) mass is 420 g/mol. The highest BCUT2D eigenvalue weighted by molar-refractivity contribution is 6.36. The van der Waals surface area contributed by atoms with Gasteiger partial charge in [-0.05, 0) is 47.5 Å². The number of hydrogen-bond donors (Lipinski definition) is 0. The standard InChI is InChI=1S/C20H12Cl4N2/c21-15-5-7-19(17(23)9-15)25-11-13-1-2-14(4-3-13)12-26-20-8-6-16(22)10-18(20)24/h1-12H. The lowest BCUT2D eigenvalue weighted by Gasteiger charge is -2.00. The van der Waals surface area contributed by atoms with Crippen LogP contribution in [0.5, 0.6) is 0 Å². The van der Waals surface area contributed by atoms with Gasteiger partial charge in [0, 0.05) is 22.5 Å². The van der Waals surface area contributed by atoms with E-state index in [4.69, 9.17) is 46.4 Å². The summed E-state index contributed by atoms with van der Waals surface area (Å²) in [5.74, 6) is 0. The van der Waals surface area contributed by atoms with Crippen molar-refractivity contribution in [3.05, 3.63) is 91.9 Å². The van der Waals surface area contributed by atoms with Crippen molar-refractivity contribution in [1.29, 1.82) is 0 Å². The molecule has 0 N–H and O–H groups in total. The first-order chi connectivity index (χ1) is 12.5. The smallest absolute Gasteiger partial charge is 0.0817 e. The highest BCUT2D eigenvalue weighted by Gasteiger charge is 2.00. The summed E-state index contributed by atoms with van der Waals surface area (Å²) in [6, 6.07) is 18.2. The fraction of sp³-hybridized carbons (Fsp3) is 0. The molecule has 0 radical (unpaired) electrons. The van der Waals surface area contributed by atoms with Crippen LogP contribution in [0.2, 0.25) is 20.1 Å². The Hall–Kier alpha value is -1.84. The molecule has 6 heteroatoms. The van der Waals surface area contributed by atoms with E-state index in [1.54, 1.807) is 48.8 Å². The summed E-state index contributed by atoms with van der Waals surface area (Å²) in [5.41, 5.74) is 3.22. The van der Waals surface area contributed by atoms with Gasteiger partial charge in [-0.3, -0.25) is 9.98 Å². The van der Waals surface area contributed by atoms with Crippen LogP contribution in [0.25, 0.3) is 0 Å². The molecular weight excluding hydrogens is 410 g/mol. The van der Waals surface area contributed by atoms with Crippen molar-refractivity contribution in [1.82, 2.24) is 0 Å². The zero-order chi connectivity index (χ0) is 18.5. The number of hydrogen-bond acceptors (Lipinski definition) is 2. The van der Waals surface area contributed by atoms with Gasteiger partial charge < -0.3 is 0 Å². The maximum atomic E-state index is 6.11. The third kappa shape index (κ3) is 5.09. The molecular formula is C20H12Cl4N2. The highest BCUT2D eigenvalue weighted by atomic mass is 35.5. The molecule has 3 aromatic rings. The first-order valence-electron chi connectivity index (χ1n) is 7.59. The molecule has 0 aliphatic heterocycles. The van der Waals surface area contributed by atoms with Crippen LogP contribution < -0.4 is 0 Å². The molecule has 3 aromatic carbocycles. The number of aliphatic imine (C=N–C) groups is 2. The van der Waals surface area contributed by atoms with Crippen LogP contribution in [-0.4, -0.2) is 12.4 Å². The normalized spacial score (nSPS) is 11.5. The van der Waals surface area contributed by atoms with Crippen molar-refractivity contribution in [2.75, 3.05) is 0 Å². The van der Waals surface area contributed by atoms with Crippen LogP contribution in [-0.2, 0) is 0 Å². The van der Waals surface area contributed by atoms with E-state index in [0.717, 1.165) is 11.1 Å². The largest absolute Gasteiger partial charge is 0.255 e. The highest BCUT2D eigenvalue weighted by Crippen LogP contribution is 2.28. The Morgan fingerprint density at radius 3 is 1.27 bits per heavy atom. The molecule has 130 valence electrons. The summed E-state index contributed by atoms with van der Waals surface area (Å²) in [6.45, 7) is 0. The third-order valence-corrected chi connectivity index (χ3v) is 4.54. The lowest BCUT2D eigenvalue weighted by atomic mass is 10.1. The van der Waals surface area contributed by atoms with Gasteiger partial charge >= 0.3 is 0 Å². The Morgan fingerprint density at radius 2 is 0.923 bits per heavy atom. The van der Waals surface area contributed by atoms with E-state index in [1.165, 1.54) is 0 Å². The van der Waals surface area contributed by atoms with Crippen molar-refractivity contribution in [2.45, 2.75) is 0 Å². The molecule has 0 saturated carbocycles. The van der Waals surface area contributed by atoms with Crippen molar-refractivity contribution >= 4 is 70.2 Å². The predicted molar refractivity (Wildman–Crippen MR) is 114 cm³/mol. The minimum atomic E-state index is 0.511. The quantitative estimate of drug-likeness (QED) is 0.384. The molecule has 0 bridgehead atoms. The van der Waals surface area contributed by atoms with Crippen LogP contribution in [0.15, 0.2) is 70.6 Å². The van der Waals surface area contributed by atoms with Gasteiger partial charge in [-0.1, -0.05) is 70.7 Å². The van der Waals surface area contributed by atoms with Crippen LogP contribution in [0, 0.1) is 0 Å². The zero-order valence-corrected chi connectivity index (χ0v) is 16.4. The lowest BCUT2D eigenvalue weighted by Crippen LogP contribution is -1.84. The van der Waals surface area contributed by atoms with Crippen LogP contribution in [0.1, 0.15) is 11.1 Å². The maximum Gasteiger partial charge on any atom is 0.0817 e. The van der Waals surface area contributed by atoms with E-state index in [0.29, 0.717) is 31.5 Å². The molecule has 0 heterocycles. The van der Waals surface area contributed by atoms with Gasteiger partial charge in [0.1, 0.15) is 0 Å². The molecule has 0 atom stereocenters. The van der Waals surface area contributed by atoms with Gasteiger partial charge in [-0.2, -0.15) is 0 Å². The Kier molecular flexibility index (Phi) is 6.33. The summed E-state index contributed by atoms with van der Waals surface area (Å²) in [7, 11) is 0. The van der Waals surface area contributed by atoms with Gasteiger partial charge in [0.2, 0.25) is 0 Å². The summed E-state index contributed by atoms with van der Waals surface area (Å²) in [5, 5.41) is 2.19. The molecule has 0 unspecified atom stereocenters. The van der Waals surface area contributed by atoms with Gasteiger partial charge in [0.15, 0.2) is 0 Å². The minimum Gasteiger partial charge on any atom is -0.255 e. The van der Waals surface area contributed by atoms with Gasteiger partial charge in [0.25, 0.3) is 0 Å². The van der Waals surface area contributed by atoms with Gasteiger partial charge in [-0.25, -0.2) is 0 Å². The van der Waals surface area contributed by atoms with E-state index >= 15 is 0 Å². The topological polar surface area (TPSA) is 24.7 Å². The third-order valence-electron chi connectivity index (χ3n) is 3.46. The number of halogens is 4. The fourth-order valence-electron chi connectivity index (χ4n) is 2.13. The molecule has 0 aliphatic carbocycles. The SMILES string of the molecule is Clc1ccc(N=Cc2ccc(C=Nc3ccc(Cl)cc3Cl)cc2)c(Cl)c1. The Labute approximate surface area is 171 Å². The Bertz CT molecular complexity index is 899. The van der Waals surface area contributed by atoms with Crippen molar-refractivity contribution < 1.29 is 0 Å². The van der Waals surface area contributed by atoms with E-state index in [9.17, 15) is 0 Å². The molecule has 26 heavy (non-hydrogen) atoms. The summed E-state index contributed by atoms with van der Waals surface area (Å²) in [6.07, 6.45) is 3.48. The van der Waals surface area contributed by atoms with Gasteiger partial charge in [-0.15, -0.1) is 0 Å². The maximum absolute atomic E-state index is 6.11. The number of rotatable bonds is 4. The van der Waals surface area contributed by atoms with Crippen LogP contribution >= 0.6 is 46.4 Å². The first kappa shape index (κ1) is 18.9. The fourth-order valence-corrected chi connectivity index (χ4v) is 3.04. The lowest BCUT2D eigenvalue weighted by molar-refractivity contribution is 1.51. The second-order valence-electron chi connectivity index (χ2n) is 5.37. The zero-order valence-electron chi connectivity index (χ0n) is 13.3. The Morgan fingerprint density at radius 1 is 0.538 bits per heavy atom. The molecule has 0 fully saturated rings. The molecule has 0 amide bonds. The molecule has 3 rings (SSSR count). The van der Waals surface area contributed by atoms with Gasteiger partial charge in [0.05, 0.1) is 21.4 Å². The average Bonchev–Trinajstić information content (AvgIpc) is 2.61. The predicted octanol–water partition coefficient (Wildman–Crippen LogP) is 7.80. The van der Waals surface area contributed by atoms with E-state index in [-0.39, 0.29) is 0 Å². The van der Waals surface area contributed by atoms with Crippen LogP contribution in [0.4, 0.5) is 11.4 Å². The average molecular weight is 422 g/mol. The molecule has 0 aliphatic rings. The van der Waals surface area contributed by atoms with E-state index < -0.39 is 0 Å². The van der Waals surface area contributed by atoms with E-state index in [2.05, 4.69) is 9.98 Å². The minimum absolute atomic E-state index is 0.511. The van der Waals surface area contributed by atoms with Crippen molar-refractivity contribution in [3.63, 3.8) is 0 Å². The van der Waals surface area contributed by atoms with Crippen molar-refractivity contribution in [2.24, 2.45) is 9.98 Å². The molecule has 0 spiro atoms. The first-order valence-corrected chi connectivity index (χ1v) is 9.11. The number of nitrogens with zero attached hydrogens (tertiary/aromatic N) is 2. The van der Waals surface area contributed by atoms with Crippen LogP contribution in [0.3, 0.4) is 0 Å². The molecule has 0 saturated heterocycles. The Balaban J connectivity index is 1.72. The summed E-state index contributed by atoms with van der Waals surface area (Å²) < 4.78 is 0. The molecule has 0 aromatic heterocycles. The second kappa shape index (κ2) is 8.70. The second-order valence-corrected chi connectivity index (χ2v) is 7.06. The summed E-state index contributed by atoms with van der Waals surface area (Å²) >= 11 is 24.0. The number of benzene rings is 3. The summed E-state index contributed by atoms with van der Waals surface area (Å²) in [4.78, 5) is 8.76. The van der Waals surface area contributed by atoms with E-state index in [1.807, 2.05) is 24.3 Å². The van der Waals surface area contributed by atoms with Crippen molar-refractivity contribution in [3.8, 4) is 0 Å². The molecule has 2 nitrogen and oxygen atoms in total.